The van der Waals surface area contributed by atoms with Gasteiger partial charge in [0.25, 0.3) is 0 Å². The molecule has 1 heterocycles. The molecule has 2 N–H and O–H groups in total. The summed E-state index contributed by atoms with van der Waals surface area (Å²) in [6.07, 6.45) is 2.18. The molecule has 0 saturated carbocycles. The molecule has 3 nitrogen and oxygen atoms in total. The molecule has 2 unspecified atom stereocenters. The van der Waals surface area contributed by atoms with Crippen LogP contribution in [0.25, 0.3) is 0 Å². The predicted molar refractivity (Wildman–Crippen MR) is 84.6 cm³/mol. The summed E-state index contributed by atoms with van der Waals surface area (Å²) >= 11 is 3.27. The highest BCUT2D eigenvalue weighted by molar-refractivity contribution is 9.10. The van der Waals surface area contributed by atoms with E-state index in [1.165, 1.54) is 6.07 Å². The van der Waals surface area contributed by atoms with Crippen molar-refractivity contribution in [2.24, 2.45) is 5.73 Å². The number of halogens is 3. The molecule has 0 aliphatic carbocycles. The Morgan fingerprint density at radius 1 is 1.50 bits per heavy atom. The first-order valence-electron chi connectivity index (χ1n) is 6.55. The van der Waals surface area contributed by atoms with Gasteiger partial charge in [-0.2, -0.15) is 0 Å². The van der Waals surface area contributed by atoms with Crippen molar-refractivity contribution in [1.29, 1.82) is 0 Å². The molecule has 114 valence electrons. The molecule has 0 radical (unpaired) electrons. The topological polar surface area (TPSA) is 38.5 Å². The highest BCUT2D eigenvalue weighted by atomic mass is 79.9. The molecule has 20 heavy (non-hydrogen) atoms. The summed E-state index contributed by atoms with van der Waals surface area (Å²) in [7, 11) is 1.74. The van der Waals surface area contributed by atoms with Gasteiger partial charge in [-0.3, -0.25) is 4.90 Å². The molecule has 2 atom stereocenters. The molecule has 1 aromatic rings. The molecule has 0 aromatic heterocycles. The van der Waals surface area contributed by atoms with Crippen molar-refractivity contribution in [3.8, 4) is 0 Å². The second-order valence-corrected chi connectivity index (χ2v) is 5.89. The van der Waals surface area contributed by atoms with Crippen LogP contribution in [0.4, 0.5) is 4.39 Å². The van der Waals surface area contributed by atoms with E-state index in [9.17, 15) is 4.39 Å². The van der Waals surface area contributed by atoms with Gasteiger partial charge in [0.1, 0.15) is 5.82 Å². The van der Waals surface area contributed by atoms with E-state index in [0.29, 0.717) is 13.1 Å². The smallest absolute Gasteiger partial charge is 0.128 e. The number of methoxy groups -OCH3 is 1. The molecule has 0 amide bonds. The Labute approximate surface area is 134 Å². The number of nitrogens with zero attached hydrogens (tertiary/aromatic N) is 1. The van der Waals surface area contributed by atoms with Gasteiger partial charge in [-0.05, 0) is 25.0 Å². The van der Waals surface area contributed by atoms with Crippen molar-refractivity contribution in [3.63, 3.8) is 0 Å². The maximum Gasteiger partial charge on any atom is 0.128 e. The third kappa shape index (κ3) is 4.40. The van der Waals surface area contributed by atoms with Crippen molar-refractivity contribution in [3.05, 3.63) is 34.1 Å². The Morgan fingerprint density at radius 3 is 2.85 bits per heavy atom. The average Bonchev–Trinajstić information content (AvgIpc) is 2.42. The molecule has 1 aliphatic rings. The number of hydrogen-bond acceptors (Lipinski definition) is 3. The summed E-state index contributed by atoms with van der Waals surface area (Å²) in [4.78, 5) is 2.25. The fraction of sp³-hybridized carbons (Fsp3) is 0.571. The Hall–Kier alpha value is -0.200. The van der Waals surface area contributed by atoms with Crippen LogP contribution in [0.1, 0.15) is 18.4 Å². The molecular formula is C14H21BrClFN2O. The number of benzene rings is 1. The van der Waals surface area contributed by atoms with Crippen LogP contribution >= 0.6 is 28.3 Å². The van der Waals surface area contributed by atoms with Crippen molar-refractivity contribution < 1.29 is 9.13 Å². The molecule has 0 spiro atoms. The SMILES string of the molecule is COC1CCN(Cc2ccc(Br)cc2F)C(CN)C1.Cl. The lowest BCUT2D eigenvalue weighted by Crippen LogP contribution is -2.48. The molecule has 1 fully saturated rings. The van der Waals surface area contributed by atoms with Crippen molar-refractivity contribution in [2.75, 3.05) is 20.2 Å². The first kappa shape index (κ1) is 17.9. The first-order chi connectivity index (χ1) is 9.13. The standard InChI is InChI=1S/C14H20BrFN2O.ClH/c1-19-13-4-5-18(12(7-13)8-17)9-10-2-3-11(15)6-14(10)16;/h2-3,6,12-13H,4-5,7-9,17H2,1H3;1H. The largest absolute Gasteiger partial charge is 0.381 e. The minimum absolute atomic E-state index is 0. The summed E-state index contributed by atoms with van der Waals surface area (Å²) in [6, 6.07) is 5.48. The fourth-order valence-electron chi connectivity index (χ4n) is 2.60. The zero-order valence-electron chi connectivity index (χ0n) is 11.5. The molecule has 1 saturated heterocycles. The summed E-state index contributed by atoms with van der Waals surface area (Å²) in [5.41, 5.74) is 6.55. The van der Waals surface area contributed by atoms with Crippen molar-refractivity contribution >= 4 is 28.3 Å². The summed E-state index contributed by atoms with van der Waals surface area (Å²) in [5, 5.41) is 0. The Kier molecular flexibility index (Phi) is 7.40. The van der Waals surface area contributed by atoms with Gasteiger partial charge in [0.2, 0.25) is 0 Å². The molecule has 1 aliphatic heterocycles. The summed E-state index contributed by atoms with van der Waals surface area (Å²) in [5.74, 6) is -0.168. The van der Waals surface area contributed by atoms with Crippen LogP contribution in [0.5, 0.6) is 0 Å². The van der Waals surface area contributed by atoms with Gasteiger partial charge in [0.15, 0.2) is 0 Å². The van der Waals surface area contributed by atoms with Crippen molar-refractivity contribution in [1.82, 2.24) is 4.90 Å². The monoisotopic (exact) mass is 366 g/mol. The van der Waals surface area contributed by atoms with E-state index in [1.807, 2.05) is 12.1 Å². The van der Waals surface area contributed by atoms with Gasteiger partial charge in [0, 0.05) is 42.8 Å². The van der Waals surface area contributed by atoms with E-state index in [0.717, 1.165) is 29.4 Å². The molecule has 6 heteroatoms. The van der Waals surface area contributed by atoms with E-state index in [1.54, 1.807) is 7.11 Å². The maximum absolute atomic E-state index is 13.9. The maximum atomic E-state index is 13.9. The Balaban J connectivity index is 0.00000200. The minimum atomic E-state index is -0.168. The van der Waals surface area contributed by atoms with Gasteiger partial charge in [-0.25, -0.2) is 4.39 Å². The van der Waals surface area contributed by atoms with Gasteiger partial charge in [-0.15, -0.1) is 12.4 Å². The van der Waals surface area contributed by atoms with Crippen LogP contribution in [0.2, 0.25) is 0 Å². The number of hydrogen-bond donors (Lipinski definition) is 1. The highest BCUT2D eigenvalue weighted by Crippen LogP contribution is 2.23. The normalized spacial score (nSPS) is 23.4. The lowest BCUT2D eigenvalue weighted by molar-refractivity contribution is 0.00987. The van der Waals surface area contributed by atoms with Crippen molar-refractivity contribution in [2.45, 2.75) is 31.5 Å². The summed E-state index contributed by atoms with van der Waals surface area (Å²) < 4.78 is 20.0. The number of ether oxygens (including phenoxy) is 1. The average molecular weight is 368 g/mol. The molecular weight excluding hydrogens is 347 g/mol. The Bertz CT molecular complexity index is 436. The van der Waals surface area contributed by atoms with Gasteiger partial charge in [-0.1, -0.05) is 22.0 Å². The minimum Gasteiger partial charge on any atom is -0.381 e. The summed E-state index contributed by atoms with van der Waals surface area (Å²) in [6.45, 7) is 2.09. The third-order valence-electron chi connectivity index (χ3n) is 3.78. The Morgan fingerprint density at radius 2 is 2.25 bits per heavy atom. The zero-order valence-corrected chi connectivity index (χ0v) is 13.9. The molecule has 2 rings (SSSR count). The lowest BCUT2D eigenvalue weighted by atomic mass is 9.98. The van der Waals surface area contributed by atoms with Crippen LogP contribution in [-0.2, 0) is 11.3 Å². The quantitative estimate of drug-likeness (QED) is 0.889. The van der Waals surface area contributed by atoms with Crippen LogP contribution in [0.15, 0.2) is 22.7 Å². The van der Waals surface area contributed by atoms with E-state index < -0.39 is 0 Å². The molecule has 1 aromatic carbocycles. The highest BCUT2D eigenvalue weighted by Gasteiger charge is 2.27. The molecule has 0 bridgehead atoms. The van der Waals surface area contributed by atoms with Crippen LogP contribution < -0.4 is 5.73 Å². The lowest BCUT2D eigenvalue weighted by Gasteiger charge is -2.38. The van der Waals surface area contributed by atoms with Crippen LogP contribution in [0, 0.1) is 5.82 Å². The predicted octanol–water partition coefficient (Wildman–Crippen LogP) is 2.95. The van der Waals surface area contributed by atoms with Crippen LogP contribution in [0.3, 0.4) is 0 Å². The van der Waals surface area contributed by atoms with E-state index >= 15 is 0 Å². The first-order valence-corrected chi connectivity index (χ1v) is 7.34. The number of likely N-dealkylation sites (tertiary alicyclic amines) is 1. The number of nitrogens with two attached hydrogens (primary N) is 1. The van der Waals surface area contributed by atoms with E-state index in [2.05, 4.69) is 20.8 Å². The second-order valence-electron chi connectivity index (χ2n) is 4.98. The number of rotatable bonds is 4. The van der Waals surface area contributed by atoms with Gasteiger partial charge >= 0.3 is 0 Å². The fourth-order valence-corrected chi connectivity index (χ4v) is 2.93. The van der Waals surface area contributed by atoms with Crippen LogP contribution in [-0.4, -0.2) is 37.2 Å². The van der Waals surface area contributed by atoms with E-state index in [4.69, 9.17) is 10.5 Å². The second kappa shape index (κ2) is 8.29. The van der Waals surface area contributed by atoms with Gasteiger partial charge < -0.3 is 10.5 Å². The third-order valence-corrected chi connectivity index (χ3v) is 4.28. The number of piperidine rings is 1. The zero-order chi connectivity index (χ0) is 13.8. The van der Waals surface area contributed by atoms with Gasteiger partial charge in [0.05, 0.1) is 6.10 Å². The van der Waals surface area contributed by atoms with E-state index in [-0.39, 0.29) is 30.4 Å².